The van der Waals surface area contributed by atoms with Crippen LogP contribution in [-0.2, 0) is 32.7 Å². The molecule has 0 aliphatic rings. The van der Waals surface area contributed by atoms with Gasteiger partial charge in [-0.2, -0.15) is 0 Å². The maximum absolute atomic E-state index is 12.8. The first-order valence-electron chi connectivity index (χ1n) is 33.4. The minimum absolute atomic E-state index is 0.0287. The first-order chi connectivity index (χ1) is 37.0. The van der Waals surface area contributed by atoms with E-state index in [0.717, 1.165) is 51.4 Å². The van der Waals surface area contributed by atoms with Crippen molar-refractivity contribution in [3.8, 4) is 0 Å². The maximum atomic E-state index is 12.8. The van der Waals surface area contributed by atoms with Crippen LogP contribution in [0.5, 0.6) is 0 Å². The van der Waals surface area contributed by atoms with E-state index < -0.39 is 26.5 Å². The summed E-state index contributed by atoms with van der Waals surface area (Å²) >= 11 is 0. The zero-order chi connectivity index (χ0) is 55.6. The Hall–Kier alpha value is -1.25. The molecular weight excluding hydrogens is 966 g/mol. The fourth-order valence-electron chi connectivity index (χ4n) is 10.1. The molecule has 10 heteroatoms. The molecule has 0 saturated carbocycles. The van der Waals surface area contributed by atoms with E-state index in [1.165, 1.54) is 263 Å². The number of nitrogens with zero attached hydrogens (tertiary/aromatic N) is 1. The standard InChI is InChI=1S/C66H130NO8P/c1-6-8-10-12-14-16-18-20-22-24-25-26-27-28-29-30-31-32-33-34-35-36-37-38-39-40-41-42-43-45-46-48-50-52-54-56-58-65(68)72-62-64(63-74-76(70,71)73-61-60-67(3,4)5)75-66(69)59-57-55-53-51-49-47-44-23-21-19-17-15-13-11-9-7-2/h23,44,64H,6-22,24-43,45-63H2,1-5H3/b44-23-. The van der Waals surface area contributed by atoms with Crippen LogP contribution < -0.4 is 4.89 Å². The van der Waals surface area contributed by atoms with E-state index in [1.807, 2.05) is 21.1 Å². The molecule has 2 atom stereocenters. The summed E-state index contributed by atoms with van der Waals surface area (Å²) in [6, 6.07) is 0. The number of rotatable bonds is 63. The van der Waals surface area contributed by atoms with Crippen LogP contribution in [-0.4, -0.2) is 70.0 Å². The lowest BCUT2D eigenvalue weighted by atomic mass is 10.0. The normalized spacial score (nSPS) is 13.2. The summed E-state index contributed by atoms with van der Waals surface area (Å²) in [7, 11) is 1.18. The van der Waals surface area contributed by atoms with Crippen LogP contribution in [0.25, 0.3) is 0 Å². The quantitative estimate of drug-likeness (QED) is 0.0195. The summed E-state index contributed by atoms with van der Waals surface area (Å²) in [5.41, 5.74) is 0. The summed E-state index contributed by atoms with van der Waals surface area (Å²) in [6.45, 7) is 4.29. The second kappa shape index (κ2) is 58.4. The third-order valence-electron chi connectivity index (χ3n) is 15.3. The van der Waals surface area contributed by atoms with Gasteiger partial charge in [-0.3, -0.25) is 14.2 Å². The Morgan fingerprint density at radius 1 is 0.395 bits per heavy atom. The monoisotopic (exact) mass is 1100 g/mol. The van der Waals surface area contributed by atoms with E-state index in [9.17, 15) is 19.0 Å². The average Bonchev–Trinajstić information content (AvgIpc) is 3.38. The molecule has 2 unspecified atom stereocenters. The second-order valence-electron chi connectivity index (χ2n) is 24.2. The Bertz CT molecular complexity index is 1290. The number of likely N-dealkylation sites (N-methyl/N-ethyl adjacent to an activating group) is 1. The molecule has 9 nitrogen and oxygen atoms in total. The predicted octanol–water partition coefficient (Wildman–Crippen LogP) is 20.5. The van der Waals surface area contributed by atoms with Crippen molar-refractivity contribution in [3.05, 3.63) is 12.2 Å². The molecule has 76 heavy (non-hydrogen) atoms. The van der Waals surface area contributed by atoms with E-state index in [-0.39, 0.29) is 32.0 Å². The van der Waals surface area contributed by atoms with Crippen molar-refractivity contribution in [1.82, 2.24) is 0 Å². The predicted molar refractivity (Wildman–Crippen MR) is 324 cm³/mol. The van der Waals surface area contributed by atoms with Gasteiger partial charge in [0.15, 0.2) is 6.10 Å². The number of quaternary nitrogens is 1. The van der Waals surface area contributed by atoms with E-state index in [0.29, 0.717) is 17.4 Å². The summed E-state index contributed by atoms with van der Waals surface area (Å²) in [4.78, 5) is 37.9. The number of phosphoric ester groups is 1. The van der Waals surface area contributed by atoms with Crippen LogP contribution >= 0.6 is 7.82 Å². The van der Waals surface area contributed by atoms with E-state index in [1.54, 1.807) is 0 Å². The van der Waals surface area contributed by atoms with Crippen LogP contribution in [0.15, 0.2) is 12.2 Å². The molecule has 0 aliphatic carbocycles. The van der Waals surface area contributed by atoms with Crippen molar-refractivity contribution < 1.29 is 42.1 Å². The van der Waals surface area contributed by atoms with Crippen LogP contribution in [0, 0.1) is 0 Å². The Labute approximate surface area is 473 Å². The first-order valence-corrected chi connectivity index (χ1v) is 34.9. The molecule has 0 spiro atoms. The molecule has 0 amide bonds. The van der Waals surface area contributed by atoms with Crippen molar-refractivity contribution in [2.45, 2.75) is 354 Å². The van der Waals surface area contributed by atoms with Gasteiger partial charge in [-0.05, 0) is 38.5 Å². The lowest BCUT2D eigenvalue weighted by Gasteiger charge is -2.28. The molecule has 0 saturated heterocycles. The number of unbranched alkanes of at least 4 members (excludes halogenated alkanes) is 47. The van der Waals surface area contributed by atoms with Crippen molar-refractivity contribution >= 4 is 19.8 Å². The topological polar surface area (TPSA) is 111 Å². The number of carbonyl (C=O) groups excluding carboxylic acids is 2. The molecular formula is C66H130NO8P. The summed E-state index contributed by atoms with van der Waals surface area (Å²) in [5.74, 6) is -0.823. The average molecular weight is 1100 g/mol. The first kappa shape index (κ1) is 74.8. The number of ether oxygens (including phenoxy) is 2. The molecule has 0 fully saturated rings. The lowest BCUT2D eigenvalue weighted by Crippen LogP contribution is -2.37. The highest BCUT2D eigenvalue weighted by Crippen LogP contribution is 2.38. The van der Waals surface area contributed by atoms with Gasteiger partial charge in [0, 0.05) is 12.8 Å². The van der Waals surface area contributed by atoms with E-state index in [4.69, 9.17) is 18.5 Å². The van der Waals surface area contributed by atoms with Gasteiger partial charge in [0.25, 0.3) is 7.82 Å². The third kappa shape index (κ3) is 62.0. The van der Waals surface area contributed by atoms with Gasteiger partial charge in [0.05, 0.1) is 27.7 Å². The Kier molecular flexibility index (Phi) is 57.4. The number of hydrogen-bond acceptors (Lipinski definition) is 8. The largest absolute Gasteiger partial charge is 0.756 e. The molecule has 0 radical (unpaired) electrons. The molecule has 0 aromatic rings. The molecule has 0 aromatic heterocycles. The lowest BCUT2D eigenvalue weighted by molar-refractivity contribution is -0.870. The van der Waals surface area contributed by atoms with Crippen LogP contribution in [0.2, 0.25) is 0 Å². The van der Waals surface area contributed by atoms with Gasteiger partial charge in [0.1, 0.15) is 19.8 Å². The fraction of sp³-hybridized carbons (Fsp3) is 0.939. The van der Waals surface area contributed by atoms with Crippen LogP contribution in [0.3, 0.4) is 0 Å². The van der Waals surface area contributed by atoms with Crippen molar-refractivity contribution in [2.75, 3.05) is 47.5 Å². The van der Waals surface area contributed by atoms with Gasteiger partial charge >= 0.3 is 11.9 Å². The molecule has 0 aliphatic heterocycles. The van der Waals surface area contributed by atoms with Crippen LogP contribution in [0.4, 0.5) is 0 Å². The maximum Gasteiger partial charge on any atom is 0.306 e. The molecule has 0 bridgehead atoms. The van der Waals surface area contributed by atoms with Gasteiger partial charge in [-0.1, -0.05) is 309 Å². The Morgan fingerprint density at radius 3 is 0.974 bits per heavy atom. The third-order valence-corrected chi connectivity index (χ3v) is 16.2. The Balaban J connectivity index is 3.89. The molecule has 0 N–H and O–H groups in total. The fourth-order valence-corrected chi connectivity index (χ4v) is 10.9. The highest BCUT2D eigenvalue weighted by atomic mass is 31.2. The molecule has 0 rings (SSSR count). The number of carbonyl (C=O) groups is 2. The molecule has 452 valence electrons. The van der Waals surface area contributed by atoms with Gasteiger partial charge in [0.2, 0.25) is 0 Å². The number of hydrogen-bond donors (Lipinski definition) is 0. The van der Waals surface area contributed by atoms with Gasteiger partial charge < -0.3 is 27.9 Å². The molecule has 0 aromatic carbocycles. The Morgan fingerprint density at radius 2 is 0.671 bits per heavy atom. The van der Waals surface area contributed by atoms with Gasteiger partial charge in [-0.25, -0.2) is 0 Å². The highest BCUT2D eigenvalue weighted by Gasteiger charge is 2.22. The van der Waals surface area contributed by atoms with Crippen molar-refractivity contribution in [1.29, 1.82) is 0 Å². The number of esters is 2. The SMILES string of the molecule is CCCCCCCCC/C=C\CCCCCCCC(=O)OC(COC(=O)CCCCCCCCCCCCCCCCCCCCCCCCCCCCCCCCCCCCCC)COP(=O)([O-])OCC[N+](C)(C)C. The minimum Gasteiger partial charge on any atom is -0.756 e. The van der Waals surface area contributed by atoms with Gasteiger partial charge in [-0.15, -0.1) is 0 Å². The smallest absolute Gasteiger partial charge is 0.306 e. The number of phosphoric acid groups is 1. The second-order valence-corrected chi connectivity index (χ2v) is 25.6. The highest BCUT2D eigenvalue weighted by molar-refractivity contribution is 7.45. The zero-order valence-corrected chi connectivity index (χ0v) is 52.4. The summed E-state index contributed by atoms with van der Waals surface area (Å²) in [5, 5.41) is 0. The van der Waals surface area contributed by atoms with Crippen LogP contribution in [0.1, 0.15) is 348 Å². The van der Waals surface area contributed by atoms with E-state index in [2.05, 4.69) is 26.0 Å². The van der Waals surface area contributed by atoms with Crippen molar-refractivity contribution in [3.63, 3.8) is 0 Å². The summed E-state index contributed by atoms with van der Waals surface area (Å²) < 4.78 is 34.2. The molecule has 0 heterocycles. The minimum atomic E-state index is -4.63. The van der Waals surface area contributed by atoms with E-state index >= 15 is 0 Å². The summed E-state index contributed by atoms with van der Waals surface area (Å²) in [6.07, 6.45) is 70.2. The number of allylic oxidation sites excluding steroid dienone is 2. The zero-order valence-electron chi connectivity index (χ0n) is 51.5. The van der Waals surface area contributed by atoms with Crippen molar-refractivity contribution in [2.24, 2.45) is 0 Å².